The van der Waals surface area contributed by atoms with Gasteiger partial charge < -0.3 is 10.5 Å². The van der Waals surface area contributed by atoms with Crippen molar-refractivity contribution in [1.82, 2.24) is 0 Å². The number of nitrogen functional groups attached to an aromatic ring is 1. The summed E-state index contributed by atoms with van der Waals surface area (Å²) in [6.45, 7) is 1.54. The van der Waals surface area contributed by atoms with Crippen LogP contribution in [0.5, 0.6) is 5.75 Å². The molecule has 0 aromatic heterocycles. The molecule has 0 aliphatic carbocycles. The number of ketones is 1. The monoisotopic (exact) mass is 267 g/mol. The first kappa shape index (κ1) is 11.6. The highest BCUT2D eigenvalue weighted by atomic mass is 79.9. The zero-order valence-corrected chi connectivity index (χ0v) is 9.80. The van der Waals surface area contributed by atoms with Crippen LogP contribution in [0.2, 0.25) is 0 Å². The van der Waals surface area contributed by atoms with E-state index in [0.29, 0.717) is 17.0 Å². The van der Waals surface area contributed by atoms with Crippen LogP contribution in [0.4, 0.5) is 5.69 Å². The third-order valence-electron chi connectivity index (χ3n) is 1.76. The number of hydrogen-bond acceptors (Lipinski definition) is 3. The molecule has 0 fully saturated rings. The molecular formula is C11H10BrNO2. The van der Waals surface area contributed by atoms with Gasteiger partial charge >= 0.3 is 0 Å². The molecule has 0 radical (unpaired) electrons. The fourth-order valence-electron chi connectivity index (χ4n) is 1.15. The first-order chi connectivity index (χ1) is 7.06. The van der Waals surface area contributed by atoms with Crippen molar-refractivity contribution in [3.63, 3.8) is 0 Å². The number of carbonyl (C=O) groups is 1. The van der Waals surface area contributed by atoms with Gasteiger partial charge in [0.25, 0.3) is 0 Å². The zero-order chi connectivity index (χ0) is 11.4. The summed E-state index contributed by atoms with van der Waals surface area (Å²) in [5.41, 5.74) is 6.55. The van der Waals surface area contributed by atoms with Crippen molar-refractivity contribution in [2.24, 2.45) is 0 Å². The zero-order valence-electron chi connectivity index (χ0n) is 8.21. The first-order valence-electron chi connectivity index (χ1n) is 4.22. The van der Waals surface area contributed by atoms with E-state index in [1.807, 2.05) is 0 Å². The van der Waals surface area contributed by atoms with Gasteiger partial charge in [0.15, 0.2) is 11.5 Å². The SMILES string of the molecule is C#CCOc1c(N)cc(Br)cc1C(C)=O. The third kappa shape index (κ3) is 2.74. The number of hydrogen-bond donors (Lipinski definition) is 1. The fraction of sp³-hybridized carbons (Fsp3) is 0.182. The molecule has 78 valence electrons. The number of ether oxygens (including phenoxy) is 1. The molecule has 0 spiro atoms. The molecule has 1 aromatic carbocycles. The molecule has 0 bridgehead atoms. The second-order valence-corrected chi connectivity index (χ2v) is 3.84. The van der Waals surface area contributed by atoms with E-state index in [1.165, 1.54) is 6.92 Å². The van der Waals surface area contributed by atoms with Crippen LogP contribution in [0, 0.1) is 12.3 Å². The van der Waals surface area contributed by atoms with E-state index < -0.39 is 0 Å². The Bertz CT molecular complexity index is 435. The summed E-state index contributed by atoms with van der Waals surface area (Å²) in [6, 6.07) is 3.32. The molecule has 0 aliphatic rings. The highest BCUT2D eigenvalue weighted by molar-refractivity contribution is 9.10. The van der Waals surface area contributed by atoms with Gasteiger partial charge in [-0.15, -0.1) is 6.42 Å². The van der Waals surface area contributed by atoms with Crippen molar-refractivity contribution in [2.45, 2.75) is 6.92 Å². The quantitative estimate of drug-likeness (QED) is 0.519. The summed E-state index contributed by atoms with van der Waals surface area (Å²) in [4.78, 5) is 11.3. The summed E-state index contributed by atoms with van der Waals surface area (Å²) in [7, 11) is 0. The Labute approximate surface area is 96.7 Å². The van der Waals surface area contributed by atoms with Gasteiger partial charge in [-0.3, -0.25) is 4.79 Å². The lowest BCUT2D eigenvalue weighted by Gasteiger charge is -2.10. The van der Waals surface area contributed by atoms with Crippen molar-refractivity contribution in [3.8, 4) is 18.1 Å². The minimum atomic E-state index is -0.116. The second-order valence-electron chi connectivity index (χ2n) is 2.92. The van der Waals surface area contributed by atoms with Gasteiger partial charge in [-0.2, -0.15) is 0 Å². The molecule has 0 saturated heterocycles. The molecule has 0 heterocycles. The molecule has 3 nitrogen and oxygen atoms in total. The highest BCUT2D eigenvalue weighted by Crippen LogP contribution is 2.30. The van der Waals surface area contributed by atoms with Gasteiger partial charge in [0.2, 0.25) is 0 Å². The van der Waals surface area contributed by atoms with E-state index in [9.17, 15) is 4.79 Å². The van der Waals surface area contributed by atoms with Crippen LogP contribution in [0.25, 0.3) is 0 Å². The van der Waals surface area contributed by atoms with Crippen LogP contribution in [0.15, 0.2) is 16.6 Å². The largest absolute Gasteiger partial charge is 0.478 e. The van der Waals surface area contributed by atoms with E-state index in [2.05, 4.69) is 21.9 Å². The van der Waals surface area contributed by atoms with E-state index in [-0.39, 0.29) is 12.4 Å². The summed E-state index contributed by atoms with van der Waals surface area (Å²) in [5, 5.41) is 0. The lowest BCUT2D eigenvalue weighted by Crippen LogP contribution is -2.04. The standard InChI is InChI=1S/C11H10BrNO2/c1-3-4-15-11-9(7(2)14)5-8(12)6-10(11)13/h1,5-6H,4,13H2,2H3. The maximum absolute atomic E-state index is 11.3. The normalized spacial score (nSPS) is 9.40. The molecule has 0 saturated carbocycles. The Hall–Kier alpha value is -1.47. The van der Waals surface area contributed by atoms with Crippen molar-refractivity contribution < 1.29 is 9.53 Å². The number of Topliss-reactive ketones (excluding diaryl/α,β-unsaturated/α-hetero) is 1. The number of nitrogens with two attached hydrogens (primary N) is 1. The molecule has 4 heteroatoms. The Morgan fingerprint density at radius 3 is 2.87 bits per heavy atom. The minimum absolute atomic E-state index is 0.0894. The Morgan fingerprint density at radius 1 is 1.67 bits per heavy atom. The molecule has 0 aliphatic heterocycles. The van der Waals surface area contributed by atoms with Gasteiger partial charge in [-0.05, 0) is 19.1 Å². The lowest BCUT2D eigenvalue weighted by atomic mass is 10.1. The Morgan fingerprint density at radius 2 is 2.33 bits per heavy atom. The van der Waals surface area contributed by atoms with Crippen LogP contribution in [-0.2, 0) is 0 Å². The molecule has 0 unspecified atom stereocenters. The van der Waals surface area contributed by atoms with Crippen LogP contribution in [-0.4, -0.2) is 12.4 Å². The molecule has 1 rings (SSSR count). The van der Waals surface area contributed by atoms with Crippen LogP contribution >= 0.6 is 15.9 Å². The van der Waals surface area contributed by atoms with Crippen molar-refractivity contribution in [2.75, 3.05) is 12.3 Å². The van der Waals surface area contributed by atoms with Gasteiger partial charge in [0.1, 0.15) is 6.61 Å². The summed E-state index contributed by atoms with van der Waals surface area (Å²) in [5.74, 6) is 2.56. The van der Waals surface area contributed by atoms with Crippen molar-refractivity contribution >= 4 is 27.4 Å². The Kier molecular flexibility index (Phi) is 3.75. The number of carbonyl (C=O) groups excluding carboxylic acids is 1. The summed E-state index contributed by atoms with van der Waals surface area (Å²) < 4.78 is 5.97. The van der Waals surface area contributed by atoms with Crippen molar-refractivity contribution in [1.29, 1.82) is 0 Å². The predicted octanol–water partition coefficient (Wildman–Crippen LogP) is 2.25. The molecule has 0 atom stereocenters. The van der Waals surface area contributed by atoms with E-state index in [0.717, 1.165) is 4.47 Å². The maximum atomic E-state index is 11.3. The average Bonchev–Trinajstić information content (AvgIpc) is 2.15. The van der Waals surface area contributed by atoms with Crippen molar-refractivity contribution in [3.05, 3.63) is 22.2 Å². The van der Waals surface area contributed by atoms with Crippen LogP contribution < -0.4 is 10.5 Å². The molecular weight excluding hydrogens is 258 g/mol. The van der Waals surface area contributed by atoms with Gasteiger partial charge in [-0.25, -0.2) is 0 Å². The number of benzene rings is 1. The summed E-state index contributed by atoms with van der Waals surface area (Å²) in [6.07, 6.45) is 5.07. The fourth-order valence-corrected chi connectivity index (χ4v) is 1.63. The smallest absolute Gasteiger partial charge is 0.163 e. The van der Waals surface area contributed by atoms with Crippen LogP contribution in [0.3, 0.4) is 0 Å². The first-order valence-corrected chi connectivity index (χ1v) is 5.01. The predicted molar refractivity (Wildman–Crippen MR) is 62.9 cm³/mol. The number of rotatable bonds is 3. The Balaban J connectivity index is 3.22. The highest BCUT2D eigenvalue weighted by Gasteiger charge is 2.13. The van der Waals surface area contributed by atoms with Gasteiger partial charge in [0.05, 0.1) is 11.3 Å². The summed E-state index contributed by atoms with van der Waals surface area (Å²) >= 11 is 3.26. The van der Waals surface area contributed by atoms with E-state index >= 15 is 0 Å². The van der Waals surface area contributed by atoms with E-state index in [1.54, 1.807) is 12.1 Å². The second kappa shape index (κ2) is 4.85. The lowest BCUT2D eigenvalue weighted by molar-refractivity contribution is 0.101. The van der Waals surface area contributed by atoms with Crippen LogP contribution in [0.1, 0.15) is 17.3 Å². The molecule has 0 amide bonds. The third-order valence-corrected chi connectivity index (χ3v) is 2.22. The molecule has 2 N–H and O–H groups in total. The minimum Gasteiger partial charge on any atom is -0.478 e. The average molecular weight is 268 g/mol. The number of anilines is 1. The topological polar surface area (TPSA) is 52.3 Å². The number of terminal acetylenes is 1. The number of halogens is 1. The van der Waals surface area contributed by atoms with Gasteiger partial charge in [-0.1, -0.05) is 21.9 Å². The maximum Gasteiger partial charge on any atom is 0.163 e. The van der Waals surface area contributed by atoms with E-state index in [4.69, 9.17) is 16.9 Å². The molecule has 1 aromatic rings. The van der Waals surface area contributed by atoms with Gasteiger partial charge in [0, 0.05) is 4.47 Å². The molecule has 15 heavy (non-hydrogen) atoms.